The molecule has 2 aromatic carbocycles. The summed E-state index contributed by atoms with van der Waals surface area (Å²) in [5, 5.41) is 1.78. The summed E-state index contributed by atoms with van der Waals surface area (Å²) in [6.07, 6.45) is 0.618. The molecule has 206 valence electrons. The molecule has 9 nitrogen and oxygen atoms in total. The Labute approximate surface area is 235 Å². The van der Waals surface area contributed by atoms with Crippen LogP contribution < -0.4 is 10.2 Å². The quantitative estimate of drug-likeness (QED) is 0.281. The van der Waals surface area contributed by atoms with E-state index in [-0.39, 0.29) is 29.0 Å². The van der Waals surface area contributed by atoms with Gasteiger partial charge in [0.1, 0.15) is 0 Å². The third-order valence-corrected chi connectivity index (χ3v) is 7.63. The van der Waals surface area contributed by atoms with Crippen molar-refractivity contribution in [3.05, 3.63) is 59.7 Å². The van der Waals surface area contributed by atoms with E-state index in [0.717, 1.165) is 4.90 Å². The highest BCUT2D eigenvalue weighted by Crippen LogP contribution is 2.43. The Bertz CT molecular complexity index is 1250. The number of halogens is 2. The van der Waals surface area contributed by atoms with Crippen molar-refractivity contribution < 1.29 is 33.4 Å². The number of hydrogen-bond donors (Lipinski definition) is 1. The highest BCUT2D eigenvalue weighted by molar-refractivity contribution is 6.31. The first-order chi connectivity index (χ1) is 18.5. The van der Waals surface area contributed by atoms with E-state index >= 15 is 0 Å². The molecule has 39 heavy (non-hydrogen) atoms. The SMILES string of the molecule is CC(C)COC(=O)c1ccc(NC(=O)COC(=O)c2cccc(N3C(=O)[C@@H]4C[C@@H](Cl)[C@@H](Cl)C[C@H]4C3=O)c2)cc1. The van der Waals surface area contributed by atoms with Crippen LogP contribution in [0.3, 0.4) is 0 Å². The van der Waals surface area contributed by atoms with Gasteiger partial charge in [-0.1, -0.05) is 19.9 Å². The molecule has 4 atom stereocenters. The maximum absolute atomic E-state index is 13.0. The number of rotatable bonds is 8. The lowest BCUT2D eigenvalue weighted by molar-refractivity contribution is -0.122. The molecule has 0 radical (unpaired) electrons. The second-order valence-electron chi connectivity index (χ2n) is 9.97. The largest absolute Gasteiger partial charge is 0.462 e. The van der Waals surface area contributed by atoms with Crippen molar-refractivity contribution in [2.24, 2.45) is 17.8 Å². The first-order valence-corrected chi connectivity index (χ1v) is 13.4. The Hall–Kier alpha value is -3.43. The zero-order valence-electron chi connectivity index (χ0n) is 21.4. The van der Waals surface area contributed by atoms with E-state index < -0.39 is 47.0 Å². The third kappa shape index (κ3) is 6.59. The van der Waals surface area contributed by atoms with Gasteiger partial charge < -0.3 is 14.8 Å². The maximum Gasteiger partial charge on any atom is 0.338 e. The second-order valence-corrected chi connectivity index (χ2v) is 11.1. The average Bonchev–Trinajstić information content (AvgIpc) is 3.15. The van der Waals surface area contributed by atoms with Gasteiger partial charge in [-0.3, -0.25) is 19.3 Å². The fourth-order valence-electron chi connectivity index (χ4n) is 4.55. The van der Waals surface area contributed by atoms with E-state index in [2.05, 4.69) is 5.32 Å². The lowest BCUT2D eigenvalue weighted by Crippen LogP contribution is -2.34. The van der Waals surface area contributed by atoms with Crippen LogP contribution in [0.1, 0.15) is 47.4 Å². The maximum atomic E-state index is 13.0. The van der Waals surface area contributed by atoms with Crippen molar-refractivity contribution >= 4 is 64.2 Å². The lowest BCUT2D eigenvalue weighted by atomic mass is 9.80. The van der Waals surface area contributed by atoms with Crippen LogP contribution in [0.15, 0.2) is 48.5 Å². The molecule has 0 unspecified atom stereocenters. The van der Waals surface area contributed by atoms with Crippen LogP contribution in [0.5, 0.6) is 0 Å². The van der Waals surface area contributed by atoms with Crippen molar-refractivity contribution in [3.63, 3.8) is 0 Å². The van der Waals surface area contributed by atoms with Gasteiger partial charge >= 0.3 is 11.9 Å². The fourth-order valence-corrected chi connectivity index (χ4v) is 5.14. The number of benzene rings is 2. The molecule has 2 fully saturated rings. The smallest absolute Gasteiger partial charge is 0.338 e. The molecule has 2 aromatic rings. The van der Waals surface area contributed by atoms with Gasteiger partial charge in [-0.15, -0.1) is 23.2 Å². The molecule has 1 saturated carbocycles. The minimum absolute atomic E-state index is 0.0745. The van der Waals surface area contributed by atoms with Gasteiger partial charge in [0, 0.05) is 5.69 Å². The summed E-state index contributed by atoms with van der Waals surface area (Å²) in [4.78, 5) is 64.0. The Kier molecular flexibility index (Phi) is 8.92. The fraction of sp³-hybridized carbons (Fsp3) is 0.393. The van der Waals surface area contributed by atoms with Gasteiger partial charge in [-0.25, -0.2) is 9.59 Å². The number of nitrogens with zero attached hydrogens (tertiary/aromatic N) is 1. The Morgan fingerprint density at radius 3 is 2.08 bits per heavy atom. The summed E-state index contributed by atoms with van der Waals surface area (Å²) in [5.41, 5.74) is 1.07. The Morgan fingerprint density at radius 1 is 0.897 bits per heavy atom. The number of alkyl halides is 2. The van der Waals surface area contributed by atoms with E-state index in [1.165, 1.54) is 42.5 Å². The van der Waals surface area contributed by atoms with Crippen LogP contribution in [0.4, 0.5) is 11.4 Å². The molecule has 1 aliphatic carbocycles. The van der Waals surface area contributed by atoms with Crippen LogP contribution in [0.25, 0.3) is 0 Å². The zero-order chi connectivity index (χ0) is 28.3. The van der Waals surface area contributed by atoms with Crippen molar-refractivity contribution in [1.29, 1.82) is 0 Å². The minimum Gasteiger partial charge on any atom is -0.462 e. The highest BCUT2D eigenvalue weighted by atomic mass is 35.5. The molecule has 1 heterocycles. The molecule has 11 heteroatoms. The van der Waals surface area contributed by atoms with Gasteiger partial charge in [0.2, 0.25) is 11.8 Å². The number of anilines is 2. The Balaban J connectivity index is 1.33. The molecule has 3 amide bonds. The predicted octanol–water partition coefficient (Wildman–Crippen LogP) is 4.41. The van der Waals surface area contributed by atoms with E-state index in [1.54, 1.807) is 6.07 Å². The molecule has 1 aliphatic heterocycles. The molecule has 4 rings (SSSR count). The molecule has 1 N–H and O–H groups in total. The van der Waals surface area contributed by atoms with Crippen LogP contribution in [0, 0.1) is 17.8 Å². The van der Waals surface area contributed by atoms with Crippen LogP contribution in [-0.2, 0) is 23.9 Å². The normalized spacial score (nSPS) is 22.4. The summed E-state index contributed by atoms with van der Waals surface area (Å²) in [7, 11) is 0. The highest BCUT2D eigenvalue weighted by Gasteiger charge is 2.52. The van der Waals surface area contributed by atoms with Crippen LogP contribution in [-0.4, -0.2) is 53.6 Å². The van der Waals surface area contributed by atoms with E-state index in [4.69, 9.17) is 32.7 Å². The average molecular weight is 575 g/mol. The van der Waals surface area contributed by atoms with Crippen molar-refractivity contribution in [2.75, 3.05) is 23.4 Å². The molecular weight excluding hydrogens is 547 g/mol. The van der Waals surface area contributed by atoms with Crippen molar-refractivity contribution in [3.8, 4) is 0 Å². The summed E-state index contributed by atoms with van der Waals surface area (Å²) in [6, 6.07) is 12.0. The first-order valence-electron chi connectivity index (χ1n) is 12.5. The monoisotopic (exact) mass is 574 g/mol. The summed E-state index contributed by atoms with van der Waals surface area (Å²) >= 11 is 12.5. The van der Waals surface area contributed by atoms with E-state index in [0.29, 0.717) is 30.7 Å². The minimum atomic E-state index is -0.798. The topological polar surface area (TPSA) is 119 Å². The Morgan fingerprint density at radius 2 is 1.49 bits per heavy atom. The second kappa shape index (κ2) is 12.2. The number of hydrogen-bond acceptors (Lipinski definition) is 7. The molecule has 0 bridgehead atoms. The number of imide groups is 1. The number of carbonyl (C=O) groups excluding carboxylic acids is 5. The van der Waals surface area contributed by atoms with Crippen molar-refractivity contribution in [1.82, 2.24) is 0 Å². The number of ether oxygens (including phenoxy) is 2. The first kappa shape index (κ1) is 28.6. The lowest BCUT2D eigenvalue weighted by Gasteiger charge is -2.28. The van der Waals surface area contributed by atoms with Gasteiger partial charge in [-0.2, -0.15) is 0 Å². The number of amides is 3. The van der Waals surface area contributed by atoms with Gasteiger partial charge in [0.05, 0.1) is 46.0 Å². The standard InChI is InChI=1S/C28H28Cl2N2O7/c1-15(2)13-38-27(36)16-6-8-18(9-7-16)31-24(33)14-39-28(37)17-4-3-5-19(10-17)32-25(34)20-11-22(29)23(30)12-21(20)26(32)35/h3-10,15,20-23H,11-14H2,1-2H3,(H,31,33)/t20-,21-,22-,23+/m1/s1. The van der Waals surface area contributed by atoms with Crippen LogP contribution >= 0.6 is 23.2 Å². The molecular formula is C28H28Cl2N2O7. The summed E-state index contributed by atoms with van der Waals surface area (Å²) in [5.74, 6) is -3.47. The zero-order valence-corrected chi connectivity index (χ0v) is 22.9. The number of nitrogens with one attached hydrogen (secondary N) is 1. The third-order valence-electron chi connectivity index (χ3n) is 6.54. The number of esters is 2. The van der Waals surface area contributed by atoms with Gasteiger partial charge in [0.15, 0.2) is 6.61 Å². The van der Waals surface area contributed by atoms with E-state index in [1.807, 2.05) is 13.8 Å². The van der Waals surface area contributed by atoms with Crippen LogP contribution in [0.2, 0.25) is 0 Å². The molecule has 2 aliphatic rings. The predicted molar refractivity (Wildman–Crippen MR) is 145 cm³/mol. The van der Waals surface area contributed by atoms with Gasteiger partial charge in [-0.05, 0) is 61.2 Å². The number of fused-ring (bicyclic) bond motifs is 1. The van der Waals surface area contributed by atoms with Gasteiger partial charge in [0.25, 0.3) is 5.91 Å². The summed E-state index contributed by atoms with van der Waals surface area (Å²) < 4.78 is 10.3. The molecule has 1 saturated heterocycles. The van der Waals surface area contributed by atoms with Crippen molar-refractivity contribution in [2.45, 2.75) is 37.4 Å². The molecule has 0 spiro atoms. The van der Waals surface area contributed by atoms with E-state index in [9.17, 15) is 24.0 Å². The number of carbonyl (C=O) groups is 5. The molecule has 0 aromatic heterocycles. The summed E-state index contributed by atoms with van der Waals surface area (Å²) in [6.45, 7) is 3.60.